The molecular formula is C9H10F6O2. The number of hydrogen-bond acceptors (Lipinski definition) is 2. The minimum Gasteiger partial charge on any atom is -0.462 e. The molecular weight excluding hydrogens is 254 g/mol. The fourth-order valence-electron chi connectivity index (χ4n) is 0.906. The summed E-state index contributed by atoms with van der Waals surface area (Å²) < 4.78 is 76.3. The van der Waals surface area contributed by atoms with Crippen LogP contribution in [0.5, 0.6) is 0 Å². The number of ether oxygens (including phenoxy) is 1. The molecule has 0 aliphatic rings. The average molecular weight is 264 g/mol. The minimum absolute atomic E-state index is 0.0967. The fraction of sp³-hybridized carbons (Fsp3) is 0.667. The highest BCUT2D eigenvalue weighted by molar-refractivity contribution is 5.86. The van der Waals surface area contributed by atoms with Gasteiger partial charge < -0.3 is 4.74 Å². The zero-order chi connectivity index (χ0) is 13.9. The Hall–Kier alpha value is -1.21. The standard InChI is InChI=1S/C9H10F6O2/c1-5(2)7(16)17-4-3-6(8(10,11)12)9(13,14)15/h6H,1,3-4H2,2H3. The molecule has 0 unspecified atom stereocenters. The monoisotopic (exact) mass is 264 g/mol. The molecule has 0 bridgehead atoms. The van der Waals surface area contributed by atoms with Crippen molar-refractivity contribution in [3.63, 3.8) is 0 Å². The number of alkyl halides is 6. The van der Waals surface area contributed by atoms with Gasteiger partial charge in [-0.25, -0.2) is 4.79 Å². The first-order chi connectivity index (χ1) is 7.46. The normalized spacial score (nSPS) is 12.7. The summed E-state index contributed by atoms with van der Waals surface area (Å²) >= 11 is 0. The summed E-state index contributed by atoms with van der Waals surface area (Å²) in [6.07, 6.45) is -12.2. The molecule has 0 aliphatic carbocycles. The van der Waals surface area contributed by atoms with Crippen molar-refractivity contribution in [3.05, 3.63) is 12.2 Å². The van der Waals surface area contributed by atoms with Gasteiger partial charge in [0.1, 0.15) is 0 Å². The lowest BCUT2D eigenvalue weighted by Crippen LogP contribution is -2.37. The van der Waals surface area contributed by atoms with Crippen molar-refractivity contribution in [2.45, 2.75) is 25.7 Å². The Bertz CT molecular complexity index is 277. The van der Waals surface area contributed by atoms with Crippen molar-refractivity contribution in [2.75, 3.05) is 6.61 Å². The summed E-state index contributed by atoms with van der Waals surface area (Å²) in [4.78, 5) is 10.7. The second-order valence-corrected chi connectivity index (χ2v) is 3.34. The average Bonchev–Trinajstić information content (AvgIpc) is 2.07. The maximum absolute atomic E-state index is 12.0. The van der Waals surface area contributed by atoms with Crippen molar-refractivity contribution in [3.8, 4) is 0 Å². The Labute approximate surface area is 93.2 Å². The Morgan fingerprint density at radius 1 is 1.18 bits per heavy atom. The second kappa shape index (κ2) is 5.42. The number of hydrogen-bond donors (Lipinski definition) is 0. The van der Waals surface area contributed by atoms with E-state index in [1.165, 1.54) is 6.92 Å². The van der Waals surface area contributed by atoms with Gasteiger partial charge in [0.25, 0.3) is 0 Å². The Morgan fingerprint density at radius 3 is 1.88 bits per heavy atom. The Balaban J connectivity index is 4.40. The smallest absolute Gasteiger partial charge is 0.400 e. The number of carbonyl (C=O) groups excluding carboxylic acids is 1. The molecule has 8 heteroatoms. The van der Waals surface area contributed by atoms with Crippen molar-refractivity contribution < 1.29 is 35.9 Å². The summed E-state index contributed by atoms with van der Waals surface area (Å²) in [5.41, 5.74) is -0.0967. The molecule has 0 saturated heterocycles. The van der Waals surface area contributed by atoms with Gasteiger partial charge in [0, 0.05) is 12.0 Å². The molecule has 0 radical (unpaired) electrons. The van der Waals surface area contributed by atoms with Gasteiger partial charge in [0.05, 0.1) is 6.61 Å². The molecule has 0 aromatic heterocycles. The molecule has 0 heterocycles. The minimum atomic E-state index is -5.41. The van der Waals surface area contributed by atoms with Crippen LogP contribution in [0.25, 0.3) is 0 Å². The van der Waals surface area contributed by atoms with Gasteiger partial charge in [-0.1, -0.05) is 6.58 Å². The van der Waals surface area contributed by atoms with Crippen LogP contribution in [-0.2, 0) is 9.53 Å². The lowest BCUT2D eigenvalue weighted by molar-refractivity contribution is -0.287. The number of esters is 1. The maximum Gasteiger partial charge on any atom is 0.400 e. The molecule has 0 aromatic rings. The SMILES string of the molecule is C=C(C)C(=O)OCCC(C(F)(F)F)C(F)(F)F. The number of carbonyl (C=O) groups is 1. The molecule has 0 rings (SSSR count). The van der Waals surface area contributed by atoms with E-state index in [9.17, 15) is 31.1 Å². The molecule has 2 nitrogen and oxygen atoms in total. The quantitative estimate of drug-likeness (QED) is 0.442. The van der Waals surface area contributed by atoms with Gasteiger partial charge >= 0.3 is 18.3 Å². The first-order valence-corrected chi connectivity index (χ1v) is 4.42. The van der Waals surface area contributed by atoms with Crippen LogP contribution in [0.4, 0.5) is 26.3 Å². The molecule has 0 amide bonds. The third-order valence-corrected chi connectivity index (χ3v) is 1.78. The van der Waals surface area contributed by atoms with E-state index in [1.54, 1.807) is 0 Å². The van der Waals surface area contributed by atoms with Crippen LogP contribution < -0.4 is 0 Å². The van der Waals surface area contributed by atoms with Crippen molar-refractivity contribution in [1.29, 1.82) is 0 Å². The van der Waals surface area contributed by atoms with Crippen LogP contribution in [0.15, 0.2) is 12.2 Å². The predicted octanol–water partition coefficient (Wildman–Crippen LogP) is 3.24. The number of rotatable bonds is 4. The lowest BCUT2D eigenvalue weighted by atomic mass is 10.1. The Morgan fingerprint density at radius 2 is 1.59 bits per heavy atom. The highest BCUT2D eigenvalue weighted by Gasteiger charge is 2.56. The maximum atomic E-state index is 12.0. The van der Waals surface area contributed by atoms with Gasteiger partial charge in [0.15, 0.2) is 5.92 Å². The van der Waals surface area contributed by atoms with Crippen molar-refractivity contribution in [2.24, 2.45) is 5.92 Å². The largest absolute Gasteiger partial charge is 0.462 e. The fourth-order valence-corrected chi connectivity index (χ4v) is 0.906. The van der Waals surface area contributed by atoms with E-state index in [-0.39, 0.29) is 5.57 Å². The summed E-state index contributed by atoms with van der Waals surface area (Å²) in [5, 5.41) is 0. The molecule has 17 heavy (non-hydrogen) atoms. The molecule has 0 aliphatic heterocycles. The molecule has 0 aromatic carbocycles. The van der Waals surface area contributed by atoms with Crippen molar-refractivity contribution >= 4 is 5.97 Å². The van der Waals surface area contributed by atoms with E-state index in [4.69, 9.17) is 0 Å². The highest BCUT2D eigenvalue weighted by atomic mass is 19.4. The molecule has 0 spiro atoms. The molecule has 100 valence electrons. The first-order valence-electron chi connectivity index (χ1n) is 4.42. The van der Waals surface area contributed by atoms with E-state index in [1.807, 2.05) is 0 Å². The van der Waals surface area contributed by atoms with Crippen LogP contribution in [0.3, 0.4) is 0 Å². The molecule has 0 atom stereocenters. The third kappa shape index (κ3) is 5.60. The highest BCUT2D eigenvalue weighted by Crippen LogP contribution is 2.41. The Kier molecular flexibility index (Phi) is 5.03. The molecule has 0 N–H and O–H groups in total. The summed E-state index contributed by atoms with van der Waals surface area (Å²) in [6, 6.07) is 0. The summed E-state index contributed by atoms with van der Waals surface area (Å²) in [5.74, 6) is -4.51. The van der Waals surface area contributed by atoms with E-state index >= 15 is 0 Å². The van der Waals surface area contributed by atoms with Gasteiger partial charge in [-0.3, -0.25) is 0 Å². The predicted molar refractivity (Wildman–Crippen MR) is 46.0 cm³/mol. The van der Waals surface area contributed by atoms with Crippen LogP contribution in [0.1, 0.15) is 13.3 Å². The van der Waals surface area contributed by atoms with Crippen LogP contribution in [0.2, 0.25) is 0 Å². The van der Waals surface area contributed by atoms with Gasteiger partial charge in [-0.15, -0.1) is 0 Å². The third-order valence-electron chi connectivity index (χ3n) is 1.78. The number of halogens is 6. The molecule has 0 fully saturated rings. The van der Waals surface area contributed by atoms with Gasteiger partial charge in [-0.05, 0) is 6.92 Å². The van der Waals surface area contributed by atoms with Crippen molar-refractivity contribution in [1.82, 2.24) is 0 Å². The van der Waals surface area contributed by atoms with Crippen LogP contribution in [0, 0.1) is 5.92 Å². The first kappa shape index (κ1) is 15.8. The topological polar surface area (TPSA) is 26.3 Å². The van der Waals surface area contributed by atoms with Crippen LogP contribution in [-0.4, -0.2) is 24.9 Å². The summed E-state index contributed by atoms with van der Waals surface area (Å²) in [7, 11) is 0. The van der Waals surface area contributed by atoms with Gasteiger partial charge in [0.2, 0.25) is 0 Å². The van der Waals surface area contributed by atoms with E-state index < -0.39 is 37.3 Å². The molecule has 0 saturated carbocycles. The zero-order valence-electron chi connectivity index (χ0n) is 8.78. The summed E-state index contributed by atoms with van der Waals surface area (Å²) in [6.45, 7) is 3.40. The lowest BCUT2D eigenvalue weighted by Gasteiger charge is -2.22. The zero-order valence-corrected chi connectivity index (χ0v) is 8.78. The van der Waals surface area contributed by atoms with Gasteiger partial charge in [-0.2, -0.15) is 26.3 Å². The van der Waals surface area contributed by atoms with Crippen LogP contribution >= 0.6 is 0 Å². The second-order valence-electron chi connectivity index (χ2n) is 3.34. The van der Waals surface area contributed by atoms with E-state index in [2.05, 4.69) is 11.3 Å². The van der Waals surface area contributed by atoms with E-state index in [0.717, 1.165) is 0 Å². The van der Waals surface area contributed by atoms with E-state index in [0.29, 0.717) is 0 Å².